The predicted molar refractivity (Wildman–Crippen MR) is 68.2 cm³/mol. The Morgan fingerprint density at radius 1 is 1.38 bits per heavy atom. The maximum atomic E-state index is 6.06. The molecule has 0 unspecified atom stereocenters. The quantitative estimate of drug-likeness (QED) is 0.849. The molecule has 0 aliphatic heterocycles. The molecule has 0 saturated carbocycles. The van der Waals surface area contributed by atoms with Gasteiger partial charge in [0.15, 0.2) is 0 Å². The fourth-order valence-electron chi connectivity index (χ4n) is 1.60. The Hall–Kier alpha value is -0.870. The molecular weight excluding hydrogens is 289 g/mol. The first-order chi connectivity index (χ1) is 7.65. The van der Waals surface area contributed by atoms with Crippen molar-refractivity contribution >= 4 is 27.5 Å². The first-order valence-electron chi connectivity index (χ1n) is 5.00. The highest BCUT2D eigenvalue weighted by molar-refractivity contribution is 9.10. The van der Waals surface area contributed by atoms with Crippen LogP contribution in [0.5, 0.6) is 0 Å². The summed E-state index contributed by atoms with van der Waals surface area (Å²) in [5, 5.41) is 8.35. The van der Waals surface area contributed by atoms with Gasteiger partial charge in [-0.2, -0.15) is 0 Å². The molecule has 16 heavy (non-hydrogen) atoms. The number of aryl methyl sites for hydroxylation is 1. The van der Waals surface area contributed by atoms with E-state index in [1.54, 1.807) is 0 Å². The van der Waals surface area contributed by atoms with Crippen LogP contribution in [0.4, 0.5) is 0 Å². The van der Waals surface area contributed by atoms with Crippen LogP contribution in [-0.4, -0.2) is 14.8 Å². The SMILES string of the molecule is CCc1nnc(Cl)n1-c1cccc(Br)c1C. The standard InChI is InChI=1S/C11H11BrClN3/c1-3-10-14-15-11(13)16(10)9-6-4-5-8(12)7(9)2/h4-6H,3H2,1-2H3. The van der Waals surface area contributed by atoms with Gasteiger partial charge in [-0.25, -0.2) is 0 Å². The molecule has 3 nitrogen and oxygen atoms in total. The van der Waals surface area contributed by atoms with E-state index in [1.165, 1.54) is 0 Å². The number of nitrogens with zero attached hydrogens (tertiary/aromatic N) is 3. The van der Waals surface area contributed by atoms with Crippen LogP contribution in [0.15, 0.2) is 22.7 Å². The number of aromatic nitrogens is 3. The number of rotatable bonds is 2. The van der Waals surface area contributed by atoms with Crippen LogP contribution in [0.3, 0.4) is 0 Å². The minimum atomic E-state index is 0.401. The molecule has 0 aliphatic rings. The van der Waals surface area contributed by atoms with E-state index in [2.05, 4.69) is 26.1 Å². The van der Waals surface area contributed by atoms with Crippen LogP contribution in [0.25, 0.3) is 5.69 Å². The molecule has 2 rings (SSSR count). The average molecular weight is 301 g/mol. The highest BCUT2D eigenvalue weighted by Gasteiger charge is 2.13. The second-order valence-corrected chi connectivity index (χ2v) is 4.65. The Morgan fingerprint density at radius 3 is 2.81 bits per heavy atom. The van der Waals surface area contributed by atoms with Crippen molar-refractivity contribution in [3.05, 3.63) is 39.3 Å². The number of hydrogen-bond acceptors (Lipinski definition) is 2. The Kier molecular flexibility index (Phi) is 3.30. The predicted octanol–water partition coefficient (Wildman–Crippen LogP) is 3.55. The lowest BCUT2D eigenvalue weighted by atomic mass is 10.2. The molecule has 2 aromatic rings. The first-order valence-corrected chi connectivity index (χ1v) is 6.17. The van der Waals surface area contributed by atoms with E-state index in [9.17, 15) is 0 Å². The zero-order valence-electron chi connectivity index (χ0n) is 9.04. The monoisotopic (exact) mass is 299 g/mol. The van der Waals surface area contributed by atoms with Gasteiger partial charge in [-0.05, 0) is 36.2 Å². The van der Waals surface area contributed by atoms with Gasteiger partial charge in [0.1, 0.15) is 5.82 Å². The lowest BCUT2D eigenvalue weighted by Gasteiger charge is -2.10. The second-order valence-electron chi connectivity index (χ2n) is 3.46. The van der Waals surface area contributed by atoms with Crippen molar-refractivity contribution in [3.8, 4) is 5.69 Å². The fraction of sp³-hybridized carbons (Fsp3) is 0.273. The highest BCUT2D eigenvalue weighted by Crippen LogP contribution is 2.25. The summed E-state index contributed by atoms with van der Waals surface area (Å²) in [5.74, 6) is 0.867. The maximum Gasteiger partial charge on any atom is 0.229 e. The molecule has 0 amide bonds. The van der Waals surface area contributed by atoms with Gasteiger partial charge in [0.2, 0.25) is 5.28 Å². The molecule has 0 spiro atoms. The summed E-state index contributed by atoms with van der Waals surface area (Å²) >= 11 is 9.56. The summed E-state index contributed by atoms with van der Waals surface area (Å²) in [6.07, 6.45) is 0.797. The third-order valence-corrected chi connectivity index (χ3v) is 3.59. The van der Waals surface area contributed by atoms with E-state index in [0.717, 1.165) is 28.0 Å². The summed E-state index contributed by atoms with van der Waals surface area (Å²) < 4.78 is 2.93. The molecule has 0 bridgehead atoms. The van der Waals surface area contributed by atoms with Crippen molar-refractivity contribution in [2.75, 3.05) is 0 Å². The molecule has 1 heterocycles. The number of benzene rings is 1. The van der Waals surface area contributed by atoms with Crippen LogP contribution in [0, 0.1) is 6.92 Å². The molecule has 0 saturated heterocycles. The van der Waals surface area contributed by atoms with E-state index in [4.69, 9.17) is 11.6 Å². The summed E-state index contributed by atoms with van der Waals surface area (Å²) in [6, 6.07) is 5.99. The fourth-order valence-corrected chi connectivity index (χ4v) is 2.18. The van der Waals surface area contributed by atoms with Gasteiger partial charge in [-0.15, -0.1) is 10.2 Å². The van der Waals surface area contributed by atoms with Crippen molar-refractivity contribution in [2.24, 2.45) is 0 Å². The molecule has 0 aliphatic carbocycles. The summed E-state index contributed by atoms with van der Waals surface area (Å²) in [5.41, 5.74) is 2.14. The van der Waals surface area contributed by atoms with Crippen LogP contribution in [0.2, 0.25) is 5.28 Å². The molecule has 5 heteroatoms. The van der Waals surface area contributed by atoms with Crippen molar-refractivity contribution in [3.63, 3.8) is 0 Å². The van der Waals surface area contributed by atoms with Crippen molar-refractivity contribution in [2.45, 2.75) is 20.3 Å². The zero-order valence-corrected chi connectivity index (χ0v) is 11.4. The first kappa shape index (κ1) is 11.6. The number of hydrogen-bond donors (Lipinski definition) is 0. The van der Waals surface area contributed by atoms with Gasteiger partial charge in [0.25, 0.3) is 0 Å². The van der Waals surface area contributed by atoms with Gasteiger partial charge in [0, 0.05) is 10.9 Å². The molecule has 0 fully saturated rings. The van der Waals surface area contributed by atoms with Crippen LogP contribution in [-0.2, 0) is 6.42 Å². The minimum absolute atomic E-state index is 0.401. The van der Waals surface area contributed by atoms with E-state index in [0.29, 0.717) is 5.28 Å². The van der Waals surface area contributed by atoms with Crippen LogP contribution in [0.1, 0.15) is 18.3 Å². The van der Waals surface area contributed by atoms with Gasteiger partial charge in [-0.3, -0.25) is 4.57 Å². The van der Waals surface area contributed by atoms with Crippen LogP contribution >= 0.6 is 27.5 Å². The lowest BCUT2D eigenvalue weighted by Crippen LogP contribution is -2.02. The summed E-state index contributed by atoms with van der Waals surface area (Å²) in [7, 11) is 0. The molecule has 0 radical (unpaired) electrons. The molecule has 0 N–H and O–H groups in total. The van der Waals surface area contributed by atoms with Gasteiger partial charge in [0.05, 0.1) is 5.69 Å². The Bertz CT molecular complexity index is 522. The maximum absolute atomic E-state index is 6.06. The number of halogens is 2. The van der Waals surface area contributed by atoms with E-state index >= 15 is 0 Å². The summed E-state index contributed by atoms with van der Waals surface area (Å²) in [6.45, 7) is 4.07. The van der Waals surface area contributed by atoms with E-state index in [-0.39, 0.29) is 0 Å². The third-order valence-electron chi connectivity index (χ3n) is 2.49. The molecule has 0 atom stereocenters. The van der Waals surface area contributed by atoms with Crippen molar-refractivity contribution in [1.82, 2.24) is 14.8 Å². The van der Waals surface area contributed by atoms with Crippen LogP contribution < -0.4 is 0 Å². The highest BCUT2D eigenvalue weighted by atomic mass is 79.9. The topological polar surface area (TPSA) is 30.7 Å². The lowest BCUT2D eigenvalue weighted by molar-refractivity contribution is 0.878. The Morgan fingerprint density at radius 2 is 2.12 bits per heavy atom. The Balaban J connectivity index is 2.67. The second kappa shape index (κ2) is 4.55. The third kappa shape index (κ3) is 1.87. The largest absolute Gasteiger partial charge is 0.269 e. The smallest absolute Gasteiger partial charge is 0.229 e. The normalized spacial score (nSPS) is 10.8. The molecular formula is C11H11BrClN3. The molecule has 1 aromatic heterocycles. The molecule has 1 aromatic carbocycles. The Labute approximate surface area is 108 Å². The van der Waals surface area contributed by atoms with Crippen molar-refractivity contribution < 1.29 is 0 Å². The zero-order chi connectivity index (χ0) is 11.7. The van der Waals surface area contributed by atoms with Gasteiger partial charge >= 0.3 is 0 Å². The van der Waals surface area contributed by atoms with Crippen molar-refractivity contribution in [1.29, 1.82) is 0 Å². The van der Waals surface area contributed by atoms with Gasteiger partial charge in [-0.1, -0.05) is 28.9 Å². The van der Waals surface area contributed by atoms with Gasteiger partial charge < -0.3 is 0 Å². The van der Waals surface area contributed by atoms with E-state index in [1.807, 2.05) is 36.6 Å². The summed E-state index contributed by atoms with van der Waals surface area (Å²) in [4.78, 5) is 0. The van der Waals surface area contributed by atoms with E-state index < -0.39 is 0 Å². The average Bonchev–Trinajstić information content (AvgIpc) is 2.64. The molecule has 84 valence electrons. The minimum Gasteiger partial charge on any atom is -0.269 e.